The Morgan fingerprint density at radius 2 is 2.21 bits per heavy atom. The summed E-state index contributed by atoms with van der Waals surface area (Å²) in [4.78, 5) is 4.03. The first-order valence-corrected chi connectivity index (χ1v) is 4.23. The minimum atomic E-state index is 0.374. The molecule has 0 amide bonds. The first-order valence-electron chi connectivity index (χ1n) is 3.71. The fraction of sp³-hybridized carbons (Fsp3) is 0.143. The van der Waals surface area contributed by atoms with E-state index < -0.39 is 0 Å². The fourth-order valence-electron chi connectivity index (χ4n) is 0.843. The minimum absolute atomic E-state index is 0.374. The minimum Gasteiger partial charge on any atom is -0.321 e. The molecule has 7 heteroatoms. The number of rotatable bonds is 1. The maximum atomic E-state index is 5.16. The van der Waals surface area contributed by atoms with E-state index >= 15 is 0 Å². The maximum absolute atomic E-state index is 5.16. The molecule has 0 radical (unpaired) electrons. The summed E-state index contributed by atoms with van der Waals surface area (Å²) >= 11 is 3.03. The molecule has 7 N–H and O–H groups in total. The van der Waals surface area contributed by atoms with Gasteiger partial charge in [0, 0.05) is 6.20 Å². The van der Waals surface area contributed by atoms with Crippen LogP contribution in [0.5, 0.6) is 0 Å². The topological polar surface area (TPSA) is 115 Å². The number of nitrogens with one attached hydrogen (secondary N) is 1. The third-order valence-electron chi connectivity index (χ3n) is 1.42. The molecule has 0 aliphatic heterocycles. The molecule has 0 saturated heterocycles. The summed E-state index contributed by atoms with van der Waals surface area (Å²) in [5.74, 6) is 10.6. The number of amidine groups is 1. The molecule has 0 saturated carbocycles. The average molecular weight is 214 g/mol. The molecule has 0 aromatic carbocycles. The third kappa shape index (κ3) is 3.60. The van der Waals surface area contributed by atoms with Crippen molar-refractivity contribution in [2.75, 3.05) is 0 Å². The van der Waals surface area contributed by atoms with Crippen molar-refractivity contribution in [3.63, 3.8) is 0 Å². The Morgan fingerprint density at radius 3 is 2.64 bits per heavy atom. The third-order valence-corrected chi connectivity index (χ3v) is 1.42. The lowest BCUT2D eigenvalue weighted by molar-refractivity contribution is 0.991. The number of hydrazine groups is 1. The van der Waals surface area contributed by atoms with Crippen molar-refractivity contribution in [1.82, 2.24) is 10.4 Å². The monoisotopic (exact) mass is 214 g/mol. The second-order valence-corrected chi connectivity index (χ2v) is 2.34. The Balaban J connectivity index is 0.000000791. The Kier molecular flexibility index (Phi) is 6.46. The molecular weight excluding hydrogens is 200 g/mol. The number of nitrogens with two attached hydrogens (primary N) is 3. The Morgan fingerprint density at radius 1 is 1.57 bits per heavy atom. The van der Waals surface area contributed by atoms with Gasteiger partial charge in [-0.15, -0.1) is 12.8 Å². The van der Waals surface area contributed by atoms with Crippen LogP contribution in [0.4, 0.5) is 0 Å². The lowest BCUT2D eigenvalue weighted by Crippen LogP contribution is -2.32. The van der Waals surface area contributed by atoms with E-state index in [0.717, 1.165) is 5.56 Å². The molecule has 0 bridgehead atoms. The van der Waals surface area contributed by atoms with Crippen molar-refractivity contribution >= 4 is 18.7 Å². The largest absolute Gasteiger partial charge is 0.321 e. The van der Waals surface area contributed by atoms with Gasteiger partial charge in [-0.05, 0) is 24.6 Å². The molecule has 0 aliphatic rings. The van der Waals surface area contributed by atoms with E-state index in [9.17, 15) is 0 Å². The zero-order valence-electron chi connectivity index (χ0n) is 7.81. The van der Waals surface area contributed by atoms with Crippen LogP contribution >= 0.6 is 12.8 Å². The van der Waals surface area contributed by atoms with Gasteiger partial charge in [0.15, 0.2) is 5.84 Å². The van der Waals surface area contributed by atoms with E-state index in [1.54, 1.807) is 6.20 Å². The van der Waals surface area contributed by atoms with Gasteiger partial charge in [0.25, 0.3) is 0 Å². The highest BCUT2D eigenvalue weighted by atomic mass is 32.1. The highest BCUT2D eigenvalue weighted by molar-refractivity contribution is 7.77. The van der Waals surface area contributed by atoms with Gasteiger partial charge in [0.05, 0.1) is 0 Å². The molecule has 14 heavy (non-hydrogen) atoms. The molecule has 1 aromatic heterocycles. The second kappa shape index (κ2) is 7.13. The number of hydrogen-bond acceptors (Lipinski definition) is 6. The number of nitrogens with zero attached hydrogens (tertiary/aromatic N) is 2. The molecule has 78 valence electrons. The number of aryl methyl sites for hydroxylation is 1. The number of pyridine rings is 1. The van der Waals surface area contributed by atoms with Crippen LogP contribution in [-0.2, 0) is 0 Å². The van der Waals surface area contributed by atoms with E-state index in [1.807, 2.05) is 19.1 Å². The lowest BCUT2D eigenvalue weighted by atomic mass is 10.2. The zero-order chi connectivity index (χ0) is 11.0. The SMILES string of the molecule is Cc1ccnc(/C(=N/N)NN)c1.NS. The fourth-order valence-corrected chi connectivity index (χ4v) is 0.843. The molecule has 1 heterocycles. The van der Waals surface area contributed by atoms with Crippen molar-refractivity contribution in [2.45, 2.75) is 6.92 Å². The predicted octanol–water partition coefficient (Wildman–Crippen LogP) is -0.736. The quantitative estimate of drug-likeness (QED) is 0.139. The summed E-state index contributed by atoms with van der Waals surface area (Å²) in [7, 11) is 0. The summed E-state index contributed by atoms with van der Waals surface area (Å²) in [6, 6.07) is 3.72. The predicted molar refractivity (Wildman–Crippen MR) is 60.2 cm³/mol. The first kappa shape index (κ1) is 12.7. The van der Waals surface area contributed by atoms with Crippen molar-refractivity contribution in [3.05, 3.63) is 29.6 Å². The first-order chi connectivity index (χ1) is 6.77. The molecule has 0 fully saturated rings. The van der Waals surface area contributed by atoms with Gasteiger partial charge >= 0.3 is 0 Å². The molecule has 0 unspecified atom stereocenters. The summed E-state index contributed by atoms with van der Waals surface area (Å²) in [6.07, 6.45) is 1.67. The molecule has 6 nitrogen and oxygen atoms in total. The normalized spacial score (nSPS) is 10.1. The van der Waals surface area contributed by atoms with Gasteiger partial charge < -0.3 is 11.3 Å². The van der Waals surface area contributed by atoms with Crippen LogP contribution in [0.15, 0.2) is 23.4 Å². The molecular formula is C7H14N6S. The van der Waals surface area contributed by atoms with Crippen LogP contribution in [0.25, 0.3) is 0 Å². The second-order valence-electron chi connectivity index (χ2n) is 2.34. The van der Waals surface area contributed by atoms with Crippen LogP contribution in [-0.4, -0.2) is 10.8 Å². The number of hydrazone groups is 1. The highest BCUT2D eigenvalue weighted by Crippen LogP contribution is 1.99. The summed E-state index contributed by atoms with van der Waals surface area (Å²) in [5, 5.41) is 7.63. The molecule has 0 spiro atoms. The van der Waals surface area contributed by atoms with Gasteiger partial charge in [-0.25, -0.2) is 5.84 Å². The summed E-state index contributed by atoms with van der Waals surface area (Å²) in [5.41, 5.74) is 4.08. The van der Waals surface area contributed by atoms with E-state index in [-0.39, 0.29) is 0 Å². The Bertz CT molecular complexity index is 300. The van der Waals surface area contributed by atoms with Crippen molar-refractivity contribution < 1.29 is 0 Å². The van der Waals surface area contributed by atoms with Gasteiger partial charge in [-0.3, -0.25) is 10.1 Å². The van der Waals surface area contributed by atoms with E-state index in [1.165, 1.54) is 0 Å². The maximum Gasteiger partial charge on any atom is 0.185 e. The standard InChI is InChI=1S/C7H11N5.H3NS/c1-5-2-3-10-6(4-5)7(11-8)12-9;1-2/h2-4H,8-9H2,1H3,(H,11,12);2H,1H2. The number of hydrogen-bond donors (Lipinski definition) is 5. The number of thiol groups is 1. The van der Waals surface area contributed by atoms with Gasteiger partial charge in [-0.2, -0.15) is 5.10 Å². The molecule has 0 atom stereocenters. The van der Waals surface area contributed by atoms with Crippen molar-refractivity contribution in [1.29, 1.82) is 0 Å². The molecule has 0 aliphatic carbocycles. The van der Waals surface area contributed by atoms with Crippen LogP contribution in [0.1, 0.15) is 11.3 Å². The average Bonchev–Trinajstić information content (AvgIpc) is 2.23. The van der Waals surface area contributed by atoms with Crippen LogP contribution in [0.3, 0.4) is 0 Å². The van der Waals surface area contributed by atoms with Gasteiger partial charge in [0.2, 0.25) is 0 Å². The van der Waals surface area contributed by atoms with E-state index in [0.29, 0.717) is 11.5 Å². The van der Waals surface area contributed by atoms with Crippen LogP contribution in [0, 0.1) is 6.92 Å². The lowest BCUT2D eigenvalue weighted by Gasteiger charge is -2.02. The summed E-state index contributed by atoms with van der Waals surface area (Å²) in [6.45, 7) is 1.95. The molecule has 1 aromatic rings. The van der Waals surface area contributed by atoms with Gasteiger partial charge in [-0.1, -0.05) is 0 Å². The van der Waals surface area contributed by atoms with Crippen LogP contribution in [0.2, 0.25) is 0 Å². The Hall–Kier alpha value is -1.31. The number of aromatic nitrogens is 1. The van der Waals surface area contributed by atoms with Crippen molar-refractivity contribution in [2.24, 2.45) is 21.9 Å². The molecule has 1 rings (SSSR count). The van der Waals surface area contributed by atoms with Crippen LogP contribution < -0.4 is 22.3 Å². The van der Waals surface area contributed by atoms with Gasteiger partial charge in [0.1, 0.15) is 5.69 Å². The highest BCUT2D eigenvalue weighted by Gasteiger charge is 2.01. The zero-order valence-corrected chi connectivity index (χ0v) is 8.70. The smallest absolute Gasteiger partial charge is 0.185 e. The van der Waals surface area contributed by atoms with Crippen molar-refractivity contribution in [3.8, 4) is 0 Å². The van der Waals surface area contributed by atoms with E-state index in [4.69, 9.17) is 11.7 Å². The summed E-state index contributed by atoms with van der Waals surface area (Å²) < 4.78 is 0. The van der Waals surface area contributed by atoms with E-state index in [2.05, 4.69) is 33.5 Å². The Labute approximate surface area is 88.1 Å².